The summed E-state index contributed by atoms with van der Waals surface area (Å²) in [6, 6.07) is 16.4. The first-order valence-corrected chi connectivity index (χ1v) is 11.4. The molecule has 0 bridgehead atoms. The highest BCUT2D eigenvalue weighted by molar-refractivity contribution is 5.95. The number of fused-ring (bicyclic) bond motifs is 1. The Hall–Kier alpha value is -4.47. The summed E-state index contributed by atoms with van der Waals surface area (Å²) >= 11 is 0. The molecule has 2 aromatic carbocycles. The number of aromatic nitrogens is 4. The van der Waals surface area contributed by atoms with Gasteiger partial charge in [-0.25, -0.2) is 9.67 Å². The predicted octanol–water partition coefficient (Wildman–Crippen LogP) is 2.36. The molecule has 2 amide bonds. The zero-order valence-corrected chi connectivity index (χ0v) is 18.9. The van der Waals surface area contributed by atoms with Crippen molar-refractivity contribution in [1.29, 1.82) is 0 Å². The second kappa shape index (κ2) is 9.80. The number of amides is 2. The molecule has 1 saturated heterocycles. The third kappa shape index (κ3) is 4.77. The van der Waals surface area contributed by atoms with Crippen LogP contribution in [-0.4, -0.2) is 56.2 Å². The van der Waals surface area contributed by atoms with Gasteiger partial charge < -0.3 is 19.9 Å². The Bertz CT molecular complexity index is 1410. The van der Waals surface area contributed by atoms with Crippen molar-refractivity contribution >= 4 is 28.5 Å². The number of piperidine rings is 1. The fourth-order valence-corrected chi connectivity index (χ4v) is 4.18. The summed E-state index contributed by atoms with van der Waals surface area (Å²) in [5, 5.41) is 7.66. The van der Waals surface area contributed by atoms with Crippen LogP contribution in [0.4, 0.5) is 5.69 Å². The molecule has 0 atom stereocenters. The molecule has 4 aromatic rings. The molecular weight excluding hydrogens is 448 g/mol. The van der Waals surface area contributed by atoms with Crippen LogP contribution in [0.5, 0.6) is 5.75 Å². The zero-order valence-electron chi connectivity index (χ0n) is 18.9. The number of nitrogens with zero attached hydrogens (tertiary/aromatic N) is 4. The fraction of sp³-hybridized carbons (Fsp3) is 0.240. The maximum absolute atomic E-state index is 13.1. The van der Waals surface area contributed by atoms with Crippen LogP contribution in [0.25, 0.3) is 16.7 Å². The number of para-hydroxylation sites is 3. The van der Waals surface area contributed by atoms with E-state index in [1.807, 2.05) is 42.5 Å². The van der Waals surface area contributed by atoms with Crippen LogP contribution >= 0.6 is 0 Å². The van der Waals surface area contributed by atoms with Crippen LogP contribution < -0.4 is 15.6 Å². The minimum absolute atomic E-state index is 0.0249. The Morgan fingerprint density at radius 3 is 2.60 bits per heavy atom. The monoisotopic (exact) mass is 472 g/mol. The lowest BCUT2D eigenvalue weighted by molar-refractivity contribution is -0.136. The van der Waals surface area contributed by atoms with Gasteiger partial charge in [0.25, 0.3) is 11.5 Å². The number of aromatic amines is 1. The minimum Gasteiger partial charge on any atom is -0.484 e. The van der Waals surface area contributed by atoms with Gasteiger partial charge in [-0.15, -0.1) is 0 Å². The van der Waals surface area contributed by atoms with Crippen molar-refractivity contribution in [3.05, 3.63) is 77.5 Å². The van der Waals surface area contributed by atoms with E-state index in [1.54, 1.807) is 17.0 Å². The molecular formula is C25H24N6O4. The molecule has 35 heavy (non-hydrogen) atoms. The Balaban J connectivity index is 1.22. The van der Waals surface area contributed by atoms with E-state index >= 15 is 0 Å². The zero-order chi connectivity index (χ0) is 24.2. The van der Waals surface area contributed by atoms with Gasteiger partial charge in [-0.2, -0.15) is 5.10 Å². The number of rotatable bonds is 6. The van der Waals surface area contributed by atoms with Crippen molar-refractivity contribution in [3.63, 3.8) is 0 Å². The third-order valence-electron chi connectivity index (χ3n) is 6.09. The molecule has 0 saturated carbocycles. The number of ether oxygens (including phenoxy) is 1. The number of carbonyl (C=O) groups excluding carboxylic acids is 2. The van der Waals surface area contributed by atoms with E-state index in [1.165, 1.54) is 17.2 Å². The second-order valence-corrected chi connectivity index (χ2v) is 8.29. The maximum atomic E-state index is 13.1. The molecule has 10 heteroatoms. The summed E-state index contributed by atoms with van der Waals surface area (Å²) in [6.07, 6.45) is 3.90. The number of benzene rings is 2. The van der Waals surface area contributed by atoms with E-state index in [0.717, 1.165) is 0 Å². The van der Waals surface area contributed by atoms with Crippen molar-refractivity contribution in [2.75, 3.05) is 25.0 Å². The van der Waals surface area contributed by atoms with Gasteiger partial charge >= 0.3 is 0 Å². The van der Waals surface area contributed by atoms with Crippen molar-refractivity contribution < 1.29 is 14.3 Å². The van der Waals surface area contributed by atoms with E-state index in [2.05, 4.69) is 20.4 Å². The summed E-state index contributed by atoms with van der Waals surface area (Å²) in [5.74, 6) is 0.217. The number of anilines is 1. The van der Waals surface area contributed by atoms with E-state index in [4.69, 9.17) is 4.74 Å². The molecule has 1 aliphatic heterocycles. The predicted molar refractivity (Wildman–Crippen MR) is 129 cm³/mol. The molecule has 1 aliphatic rings. The Kier molecular flexibility index (Phi) is 6.25. The topological polar surface area (TPSA) is 122 Å². The molecule has 0 aliphatic carbocycles. The Morgan fingerprint density at radius 1 is 1.06 bits per heavy atom. The first kappa shape index (κ1) is 22.3. The molecule has 178 valence electrons. The van der Waals surface area contributed by atoms with Gasteiger partial charge in [-0.3, -0.25) is 14.4 Å². The number of hydrogen-bond donors (Lipinski definition) is 2. The SMILES string of the molecule is O=C(Nc1ccccc1-n1ncc2c(=O)[nH]cnc21)C1CCN(C(=O)COc2ccccc2)CC1. The molecule has 1 fully saturated rings. The average molecular weight is 473 g/mol. The number of likely N-dealkylation sites (tertiary alicyclic amines) is 1. The molecule has 0 spiro atoms. The molecule has 10 nitrogen and oxygen atoms in total. The first-order valence-electron chi connectivity index (χ1n) is 11.4. The minimum atomic E-state index is -0.279. The summed E-state index contributed by atoms with van der Waals surface area (Å²) in [4.78, 5) is 46.1. The Labute approximate surface area is 200 Å². The highest BCUT2D eigenvalue weighted by atomic mass is 16.5. The average Bonchev–Trinajstić information content (AvgIpc) is 3.34. The van der Waals surface area contributed by atoms with Gasteiger partial charge in [0, 0.05) is 19.0 Å². The number of nitrogens with one attached hydrogen (secondary N) is 2. The van der Waals surface area contributed by atoms with E-state index in [-0.39, 0.29) is 29.9 Å². The quantitative estimate of drug-likeness (QED) is 0.444. The largest absolute Gasteiger partial charge is 0.484 e. The molecule has 2 N–H and O–H groups in total. The van der Waals surface area contributed by atoms with Crippen LogP contribution in [0.3, 0.4) is 0 Å². The molecule has 2 aromatic heterocycles. The maximum Gasteiger partial charge on any atom is 0.261 e. The lowest BCUT2D eigenvalue weighted by atomic mass is 9.95. The lowest BCUT2D eigenvalue weighted by Crippen LogP contribution is -2.43. The van der Waals surface area contributed by atoms with Crippen molar-refractivity contribution in [2.45, 2.75) is 12.8 Å². The van der Waals surface area contributed by atoms with Gasteiger partial charge in [0.1, 0.15) is 11.1 Å². The molecule has 5 rings (SSSR count). The van der Waals surface area contributed by atoms with Crippen LogP contribution in [0, 0.1) is 5.92 Å². The van der Waals surface area contributed by atoms with Gasteiger partial charge in [-0.05, 0) is 37.1 Å². The van der Waals surface area contributed by atoms with Crippen LogP contribution in [0.2, 0.25) is 0 Å². The highest BCUT2D eigenvalue weighted by Gasteiger charge is 2.28. The van der Waals surface area contributed by atoms with Crippen LogP contribution in [-0.2, 0) is 9.59 Å². The standard InChI is InChI=1S/C25H24N6O4/c32-22(15-35-18-6-2-1-3-7-18)30-12-10-17(11-13-30)24(33)29-20-8-4-5-9-21(20)31-23-19(14-28-31)25(34)27-16-26-23/h1-9,14,16-17H,10-13,15H2,(H,29,33)(H,26,27,34). The summed E-state index contributed by atoms with van der Waals surface area (Å²) < 4.78 is 7.09. The van der Waals surface area contributed by atoms with Crippen LogP contribution in [0.15, 0.2) is 71.9 Å². The number of carbonyl (C=O) groups is 2. The normalized spacial score (nSPS) is 14.1. The van der Waals surface area contributed by atoms with Gasteiger partial charge in [0.05, 0.1) is 23.9 Å². The fourth-order valence-electron chi connectivity index (χ4n) is 4.18. The summed E-state index contributed by atoms with van der Waals surface area (Å²) in [5.41, 5.74) is 1.30. The van der Waals surface area contributed by atoms with E-state index < -0.39 is 0 Å². The van der Waals surface area contributed by atoms with E-state index in [9.17, 15) is 14.4 Å². The molecule has 0 unspecified atom stereocenters. The number of H-pyrrole nitrogens is 1. The smallest absolute Gasteiger partial charge is 0.261 e. The first-order chi connectivity index (χ1) is 17.1. The number of hydrogen-bond acceptors (Lipinski definition) is 6. The molecule has 3 heterocycles. The van der Waals surface area contributed by atoms with Gasteiger partial charge in [-0.1, -0.05) is 30.3 Å². The summed E-state index contributed by atoms with van der Waals surface area (Å²) in [6.45, 7) is 0.962. The van der Waals surface area contributed by atoms with E-state index in [0.29, 0.717) is 54.1 Å². The highest BCUT2D eigenvalue weighted by Crippen LogP contribution is 2.25. The van der Waals surface area contributed by atoms with Gasteiger partial charge in [0.15, 0.2) is 12.3 Å². The third-order valence-corrected chi connectivity index (χ3v) is 6.09. The van der Waals surface area contributed by atoms with Crippen molar-refractivity contribution in [1.82, 2.24) is 24.6 Å². The van der Waals surface area contributed by atoms with Crippen molar-refractivity contribution in [2.24, 2.45) is 5.92 Å². The van der Waals surface area contributed by atoms with Gasteiger partial charge in [0.2, 0.25) is 5.91 Å². The van der Waals surface area contributed by atoms with Crippen LogP contribution in [0.1, 0.15) is 12.8 Å². The lowest BCUT2D eigenvalue weighted by Gasteiger charge is -2.31. The summed E-state index contributed by atoms with van der Waals surface area (Å²) in [7, 11) is 0. The van der Waals surface area contributed by atoms with Crippen molar-refractivity contribution in [3.8, 4) is 11.4 Å². The second-order valence-electron chi connectivity index (χ2n) is 8.29. The molecule has 0 radical (unpaired) electrons. The Morgan fingerprint density at radius 2 is 1.80 bits per heavy atom.